The molecular formula is C2Br3O4. The average Bonchev–Trinajstić information content (AvgIpc) is 1.64. The zero-order valence-electron chi connectivity index (χ0n) is 3.77. The van der Waals surface area contributed by atoms with Gasteiger partial charge in [0, 0.05) is 10.3 Å². The van der Waals surface area contributed by atoms with Crippen molar-refractivity contribution in [2.45, 2.75) is 2.14 Å². The third kappa shape index (κ3) is 4.26. The summed E-state index contributed by atoms with van der Waals surface area (Å²) in [6.07, 6.45) is 0. The third-order valence-electron chi connectivity index (χ3n) is 0.341. The molecule has 0 aromatic heterocycles. The second-order valence-electron chi connectivity index (χ2n) is 0.937. The van der Waals surface area contributed by atoms with Gasteiger partial charge < -0.3 is 0 Å². The molecule has 0 aromatic rings. The van der Waals surface area contributed by atoms with Crippen molar-refractivity contribution in [3.8, 4) is 0 Å². The molecule has 53 valence electrons. The molecule has 0 bridgehead atoms. The molecule has 0 N–H and O–H groups in total. The van der Waals surface area contributed by atoms with E-state index in [4.69, 9.17) is 0 Å². The largest absolute Gasteiger partial charge is 0.383 e. The molecule has 0 amide bonds. The smallest absolute Gasteiger partial charge is 0.263 e. The van der Waals surface area contributed by atoms with Crippen molar-refractivity contribution in [1.29, 1.82) is 0 Å². The van der Waals surface area contributed by atoms with Crippen LogP contribution in [0.5, 0.6) is 0 Å². The van der Waals surface area contributed by atoms with Crippen molar-refractivity contribution in [1.82, 2.24) is 0 Å². The maximum absolute atomic E-state index is 10.4. The van der Waals surface area contributed by atoms with Crippen LogP contribution in [-0.4, -0.2) is 8.11 Å². The van der Waals surface area contributed by atoms with Gasteiger partial charge in [0.25, 0.3) is 0 Å². The highest BCUT2D eigenvalue weighted by Crippen LogP contribution is 2.34. The summed E-state index contributed by atoms with van der Waals surface area (Å²) in [5.74, 6) is -0.919. The minimum absolute atomic E-state index is 0.919. The fourth-order valence-corrected chi connectivity index (χ4v) is 0.276. The van der Waals surface area contributed by atoms with E-state index in [-0.39, 0.29) is 0 Å². The van der Waals surface area contributed by atoms with E-state index in [1.165, 1.54) is 0 Å². The first-order valence-electron chi connectivity index (χ1n) is 1.56. The minimum atomic E-state index is -1.24. The lowest BCUT2D eigenvalue weighted by molar-refractivity contribution is -0.500. The van der Waals surface area contributed by atoms with Gasteiger partial charge in [0.2, 0.25) is 2.14 Å². The Morgan fingerprint density at radius 3 is 1.89 bits per heavy atom. The molecule has 7 heteroatoms. The van der Waals surface area contributed by atoms with Crippen molar-refractivity contribution in [3.63, 3.8) is 0 Å². The molecule has 0 aromatic carbocycles. The van der Waals surface area contributed by atoms with Crippen molar-refractivity contribution in [3.05, 3.63) is 0 Å². The van der Waals surface area contributed by atoms with E-state index in [0.29, 0.717) is 0 Å². The molecule has 0 aliphatic heterocycles. The van der Waals surface area contributed by atoms with Gasteiger partial charge in [-0.3, -0.25) is 4.89 Å². The molecule has 0 fully saturated rings. The Bertz CT molecular complexity index is 107. The van der Waals surface area contributed by atoms with Crippen molar-refractivity contribution in [2.24, 2.45) is 0 Å². The molecule has 0 spiro atoms. The number of carbonyl (C=O) groups is 1. The summed E-state index contributed by atoms with van der Waals surface area (Å²) in [6.45, 7) is 0. The Morgan fingerprint density at radius 1 is 1.33 bits per heavy atom. The Kier molecular flexibility index (Phi) is 4.22. The molecule has 0 atom stereocenters. The van der Waals surface area contributed by atoms with E-state index >= 15 is 0 Å². The second-order valence-corrected chi connectivity index (χ2v) is 7.70. The summed E-state index contributed by atoms with van der Waals surface area (Å²) in [4.78, 5) is 13.9. The molecule has 0 aliphatic rings. The lowest BCUT2D eigenvalue weighted by atomic mass is 10.8. The number of hydrogen-bond acceptors (Lipinski definition) is 3. The first-order valence-corrected chi connectivity index (χ1v) is 3.94. The van der Waals surface area contributed by atoms with Crippen LogP contribution < -0.4 is 0 Å². The SMILES string of the molecule is [O]OOC(=O)C(Br)(Br)Br. The second kappa shape index (κ2) is 3.87. The number of carbonyl (C=O) groups excluding carboxylic acids is 1. The standard InChI is InChI=1S/C2Br3O4/c3-2(4,5)1(6)8-9-7. The van der Waals surface area contributed by atoms with Crippen LogP contribution in [0, 0.1) is 0 Å². The summed E-state index contributed by atoms with van der Waals surface area (Å²) in [5.41, 5.74) is 0. The molecule has 0 unspecified atom stereocenters. The van der Waals surface area contributed by atoms with Crippen LogP contribution in [0.25, 0.3) is 0 Å². The lowest BCUT2D eigenvalue weighted by Crippen LogP contribution is -2.19. The van der Waals surface area contributed by atoms with Crippen LogP contribution >= 0.6 is 47.8 Å². The summed E-state index contributed by atoms with van der Waals surface area (Å²) in [5, 5.41) is 12.0. The van der Waals surface area contributed by atoms with Gasteiger partial charge in [-0.25, -0.2) is 4.79 Å². The summed E-state index contributed by atoms with van der Waals surface area (Å²) in [7, 11) is 0. The lowest BCUT2D eigenvalue weighted by Gasteiger charge is -2.04. The van der Waals surface area contributed by atoms with E-state index in [9.17, 15) is 10.1 Å². The van der Waals surface area contributed by atoms with Crippen molar-refractivity contribution < 1.29 is 20.0 Å². The van der Waals surface area contributed by atoms with Gasteiger partial charge in [0.15, 0.2) is 0 Å². The normalized spacial score (nSPS) is 11.1. The fourth-order valence-electron chi connectivity index (χ4n) is 0.0781. The maximum Gasteiger partial charge on any atom is 0.383 e. The minimum Gasteiger partial charge on any atom is -0.263 e. The van der Waals surface area contributed by atoms with Gasteiger partial charge in [-0.1, -0.05) is 0 Å². The van der Waals surface area contributed by atoms with E-state index in [0.717, 1.165) is 0 Å². The van der Waals surface area contributed by atoms with E-state index in [2.05, 4.69) is 57.7 Å². The Balaban J connectivity index is 3.74. The van der Waals surface area contributed by atoms with E-state index in [1.54, 1.807) is 0 Å². The first kappa shape index (κ1) is 9.83. The molecule has 0 rings (SSSR count). The molecule has 0 heterocycles. The summed E-state index contributed by atoms with van der Waals surface area (Å²) in [6, 6.07) is 0. The Hall–Kier alpha value is 0.830. The van der Waals surface area contributed by atoms with Crippen molar-refractivity contribution in [2.75, 3.05) is 0 Å². The predicted molar refractivity (Wildman–Crippen MR) is 37.4 cm³/mol. The maximum atomic E-state index is 10.4. The highest BCUT2D eigenvalue weighted by molar-refractivity contribution is 9.40. The first-order chi connectivity index (χ1) is 3.98. The molecule has 1 radical (unpaired) electrons. The van der Waals surface area contributed by atoms with Crippen LogP contribution in [-0.2, 0) is 20.0 Å². The van der Waals surface area contributed by atoms with Crippen LogP contribution in [0.4, 0.5) is 0 Å². The number of hydrogen-bond donors (Lipinski definition) is 0. The molecule has 0 saturated carbocycles. The van der Waals surface area contributed by atoms with Gasteiger partial charge in [0.05, 0.1) is 0 Å². The topological polar surface area (TPSA) is 55.4 Å². The fraction of sp³-hybridized carbons (Fsp3) is 0.500. The summed E-state index contributed by atoms with van der Waals surface area (Å²) < 4.78 is -1.24. The monoisotopic (exact) mass is 325 g/mol. The van der Waals surface area contributed by atoms with Crippen LogP contribution in [0.2, 0.25) is 0 Å². The summed E-state index contributed by atoms with van der Waals surface area (Å²) >= 11 is 8.35. The molecule has 0 saturated heterocycles. The third-order valence-corrected chi connectivity index (χ3v) is 1.31. The van der Waals surface area contributed by atoms with Gasteiger partial charge in [-0.2, -0.15) is 0 Å². The molecular weight excluding hydrogens is 328 g/mol. The van der Waals surface area contributed by atoms with E-state index in [1.807, 2.05) is 0 Å². The quantitative estimate of drug-likeness (QED) is 0.418. The number of alkyl halides is 3. The number of halogens is 3. The average molecular weight is 328 g/mol. The Labute approximate surface area is 75.7 Å². The van der Waals surface area contributed by atoms with Gasteiger partial charge in [-0.05, 0) is 47.8 Å². The highest BCUT2D eigenvalue weighted by Gasteiger charge is 2.31. The Morgan fingerprint density at radius 2 is 1.78 bits per heavy atom. The predicted octanol–water partition coefficient (Wildman–Crippen LogP) is 1.65. The van der Waals surface area contributed by atoms with Crippen LogP contribution in [0.1, 0.15) is 0 Å². The van der Waals surface area contributed by atoms with Crippen LogP contribution in [0.15, 0.2) is 0 Å². The molecule has 9 heavy (non-hydrogen) atoms. The van der Waals surface area contributed by atoms with Gasteiger partial charge in [-0.15, -0.1) is 0 Å². The molecule has 0 aliphatic carbocycles. The van der Waals surface area contributed by atoms with E-state index < -0.39 is 8.11 Å². The van der Waals surface area contributed by atoms with Crippen molar-refractivity contribution >= 4 is 53.8 Å². The van der Waals surface area contributed by atoms with Gasteiger partial charge in [0.1, 0.15) is 0 Å². The van der Waals surface area contributed by atoms with Crippen LogP contribution in [0.3, 0.4) is 0 Å². The zero-order chi connectivity index (χ0) is 7.49. The highest BCUT2D eigenvalue weighted by atomic mass is 80.0. The van der Waals surface area contributed by atoms with Gasteiger partial charge >= 0.3 is 5.97 Å². The molecule has 4 nitrogen and oxygen atoms in total. The number of rotatable bonds is 1. The zero-order valence-corrected chi connectivity index (χ0v) is 8.52.